The van der Waals surface area contributed by atoms with E-state index in [1.165, 1.54) is 0 Å². The van der Waals surface area contributed by atoms with Crippen LogP contribution < -0.4 is 0 Å². The smallest absolute Gasteiger partial charge is 0.151 e. The van der Waals surface area contributed by atoms with Gasteiger partial charge in [0, 0.05) is 19.1 Å². The molecule has 4 heteroatoms. The summed E-state index contributed by atoms with van der Waals surface area (Å²) in [6.45, 7) is 1.91. The summed E-state index contributed by atoms with van der Waals surface area (Å²) in [5, 5.41) is 0. The van der Waals surface area contributed by atoms with E-state index in [1.54, 1.807) is 0 Å². The van der Waals surface area contributed by atoms with Gasteiger partial charge in [0.25, 0.3) is 0 Å². The van der Waals surface area contributed by atoms with Gasteiger partial charge in [-0.3, -0.25) is 4.90 Å². The van der Waals surface area contributed by atoms with E-state index >= 15 is 0 Å². The van der Waals surface area contributed by atoms with Gasteiger partial charge in [0.2, 0.25) is 0 Å². The van der Waals surface area contributed by atoms with Crippen LogP contribution in [0.3, 0.4) is 0 Å². The molecular formula is C6H11NO2S. The Morgan fingerprint density at radius 2 is 2.10 bits per heavy atom. The highest BCUT2D eigenvalue weighted by Crippen LogP contribution is 2.24. The van der Waals surface area contributed by atoms with Crippen LogP contribution in [-0.2, 0) is 9.84 Å². The van der Waals surface area contributed by atoms with E-state index in [2.05, 4.69) is 4.90 Å². The second-order valence-corrected chi connectivity index (χ2v) is 5.39. The highest BCUT2D eigenvalue weighted by molar-refractivity contribution is 7.91. The van der Waals surface area contributed by atoms with E-state index in [4.69, 9.17) is 0 Å². The van der Waals surface area contributed by atoms with Crippen LogP contribution >= 0.6 is 0 Å². The monoisotopic (exact) mass is 161 g/mol. The van der Waals surface area contributed by atoms with Crippen LogP contribution in [0.5, 0.6) is 0 Å². The Bertz CT molecular complexity index is 216. The average Bonchev–Trinajstić information content (AvgIpc) is 2.56. The molecule has 2 saturated heterocycles. The molecule has 58 valence electrons. The molecule has 2 unspecified atom stereocenters. The van der Waals surface area contributed by atoms with Crippen LogP contribution in [0, 0.1) is 0 Å². The number of rotatable bonds is 0. The maximum absolute atomic E-state index is 11.0. The van der Waals surface area contributed by atoms with Gasteiger partial charge < -0.3 is 0 Å². The Morgan fingerprint density at radius 1 is 1.30 bits per heavy atom. The van der Waals surface area contributed by atoms with Gasteiger partial charge in [-0.15, -0.1) is 0 Å². The predicted octanol–water partition coefficient (Wildman–Crippen LogP) is -0.511. The Balaban J connectivity index is 2.09. The van der Waals surface area contributed by atoms with Gasteiger partial charge in [-0.2, -0.15) is 0 Å². The second-order valence-electron chi connectivity index (χ2n) is 3.09. The zero-order valence-corrected chi connectivity index (χ0v) is 6.60. The first kappa shape index (κ1) is 6.61. The van der Waals surface area contributed by atoms with Crippen LogP contribution in [-0.4, -0.2) is 44.0 Å². The van der Waals surface area contributed by atoms with E-state index in [9.17, 15) is 8.42 Å². The molecular weight excluding hydrogens is 150 g/mol. The average molecular weight is 161 g/mol. The molecule has 0 aromatic rings. The molecule has 0 aromatic heterocycles. The number of sulfone groups is 1. The van der Waals surface area contributed by atoms with Crippen molar-refractivity contribution < 1.29 is 8.42 Å². The third kappa shape index (κ3) is 1.18. The molecule has 0 aliphatic carbocycles. The molecule has 0 saturated carbocycles. The molecule has 2 atom stereocenters. The fourth-order valence-corrected chi connectivity index (χ4v) is 2.79. The predicted molar refractivity (Wildman–Crippen MR) is 38.6 cm³/mol. The van der Waals surface area contributed by atoms with Crippen LogP contribution in [0.1, 0.15) is 6.42 Å². The Hall–Kier alpha value is -0.0900. The molecule has 0 spiro atoms. The largest absolute Gasteiger partial charge is 0.297 e. The topological polar surface area (TPSA) is 37.1 Å². The highest BCUT2D eigenvalue weighted by Gasteiger charge is 2.37. The Kier molecular flexibility index (Phi) is 1.29. The molecule has 0 aromatic carbocycles. The van der Waals surface area contributed by atoms with Gasteiger partial charge in [0.15, 0.2) is 9.84 Å². The zero-order valence-electron chi connectivity index (χ0n) is 5.78. The van der Waals surface area contributed by atoms with Crippen LogP contribution in [0.4, 0.5) is 0 Å². The SMILES string of the molecule is O=S1(=O)CCC2CN2CC1. The summed E-state index contributed by atoms with van der Waals surface area (Å²) in [7, 11) is -2.66. The normalized spacial score (nSPS) is 43.6. The van der Waals surface area contributed by atoms with Gasteiger partial charge >= 0.3 is 0 Å². The van der Waals surface area contributed by atoms with E-state index in [1.807, 2.05) is 0 Å². The standard InChI is InChI=1S/C6H11NO2S/c8-10(9)3-1-6-5-7(6)2-4-10/h6H,1-5H2. The summed E-state index contributed by atoms with van der Waals surface area (Å²) in [6.07, 6.45) is 0.863. The van der Waals surface area contributed by atoms with E-state index in [0.29, 0.717) is 17.5 Å². The lowest BCUT2D eigenvalue weighted by Gasteiger charge is -1.97. The third-order valence-corrected chi connectivity index (χ3v) is 3.94. The third-order valence-electron chi connectivity index (χ3n) is 2.28. The van der Waals surface area contributed by atoms with E-state index < -0.39 is 9.84 Å². The number of hydrogen-bond acceptors (Lipinski definition) is 3. The minimum absolute atomic E-state index is 0.378. The fourth-order valence-electron chi connectivity index (χ4n) is 1.45. The molecule has 3 nitrogen and oxygen atoms in total. The Morgan fingerprint density at radius 3 is 2.90 bits per heavy atom. The minimum atomic E-state index is -2.66. The molecule has 10 heavy (non-hydrogen) atoms. The van der Waals surface area contributed by atoms with Crippen molar-refractivity contribution in [1.82, 2.24) is 4.90 Å². The van der Waals surface area contributed by atoms with Crippen molar-refractivity contribution in [2.45, 2.75) is 12.5 Å². The number of nitrogens with zero attached hydrogens (tertiary/aromatic N) is 1. The molecule has 2 rings (SSSR count). The lowest BCUT2D eigenvalue weighted by molar-refractivity contribution is 0.537. The van der Waals surface area contributed by atoms with Gasteiger partial charge in [0.1, 0.15) is 0 Å². The molecule has 0 radical (unpaired) electrons. The van der Waals surface area contributed by atoms with Crippen LogP contribution in [0.15, 0.2) is 0 Å². The van der Waals surface area contributed by atoms with Crippen molar-refractivity contribution in [2.24, 2.45) is 0 Å². The van der Waals surface area contributed by atoms with Crippen molar-refractivity contribution in [2.75, 3.05) is 24.6 Å². The van der Waals surface area contributed by atoms with Gasteiger partial charge in [-0.25, -0.2) is 8.42 Å². The van der Waals surface area contributed by atoms with E-state index in [-0.39, 0.29) is 0 Å². The summed E-state index contributed by atoms with van der Waals surface area (Å²) in [5.74, 6) is 0.789. The first-order valence-corrected chi connectivity index (χ1v) is 5.44. The van der Waals surface area contributed by atoms with Crippen molar-refractivity contribution in [1.29, 1.82) is 0 Å². The van der Waals surface area contributed by atoms with Crippen LogP contribution in [0.2, 0.25) is 0 Å². The maximum atomic E-state index is 11.0. The Labute approximate surface area is 60.9 Å². The van der Waals surface area contributed by atoms with Crippen molar-refractivity contribution in [3.05, 3.63) is 0 Å². The van der Waals surface area contributed by atoms with Gasteiger partial charge in [0.05, 0.1) is 11.5 Å². The van der Waals surface area contributed by atoms with Crippen molar-refractivity contribution in [3.63, 3.8) is 0 Å². The van der Waals surface area contributed by atoms with Crippen LogP contribution in [0.25, 0.3) is 0 Å². The summed E-state index contributed by atoms with van der Waals surface area (Å²) in [4.78, 5) is 2.23. The number of fused-ring (bicyclic) bond motifs is 1. The van der Waals surface area contributed by atoms with E-state index in [0.717, 1.165) is 19.5 Å². The molecule has 2 fully saturated rings. The molecule has 2 aliphatic heterocycles. The lowest BCUT2D eigenvalue weighted by atomic mass is 10.4. The highest BCUT2D eigenvalue weighted by atomic mass is 32.2. The molecule has 0 N–H and O–H groups in total. The fraction of sp³-hybridized carbons (Fsp3) is 1.00. The molecule has 0 amide bonds. The molecule has 0 bridgehead atoms. The first-order valence-electron chi connectivity index (χ1n) is 3.62. The van der Waals surface area contributed by atoms with Gasteiger partial charge in [-0.05, 0) is 6.42 Å². The maximum Gasteiger partial charge on any atom is 0.151 e. The minimum Gasteiger partial charge on any atom is -0.297 e. The quantitative estimate of drug-likeness (QED) is 0.449. The lowest BCUT2D eigenvalue weighted by Crippen LogP contribution is -2.14. The summed E-state index contributed by atoms with van der Waals surface area (Å²) < 4.78 is 22.0. The summed E-state index contributed by atoms with van der Waals surface area (Å²) in [6, 6.07) is 0.609. The van der Waals surface area contributed by atoms with Gasteiger partial charge in [-0.1, -0.05) is 0 Å². The number of hydrogen-bond donors (Lipinski definition) is 0. The second kappa shape index (κ2) is 1.95. The summed E-state index contributed by atoms with van der Waals surface area (Å²) in [5.41, 5.74) is 0. The summed E-state index contributed by atoms with van der Waals surface area (Å²) >= 11 is 0. The van der Waals surface area contributed by atoms with Crippen molar-refractivity contribution >= 4 is 9.84 Å². The molecule has 2 aliphatic rings. The van der Waals surface area contributed by atoms with Crippen molar-refractivity contribution in [3.8, 4) is 0 Å². The zero-order chi connectivity index (χ0) is 7.19. The first-order chi connectivity index (χ1) is 4.67. The molecule has 2 heterocycles.